The van der Waals surface area contributed by atoms with Crippen LogP contribution in [0.15, 0.2) is 18.2 Å². The number of aryl methyl sites for hydroxylation is 1. The maximum absolute atomic E-state index is 11.0. The van der Waals surface area contributed by atoms with Gasteiger partial charge in [0.1, 0.15) is 0 Å². The molecule has 1 atom stereocenters. The number of nitrogens with zero attached hydrogens (tertiary/aromatic N) is 1. The Kier molecular flexibility index (Phi) is 5.74. The topological polar surface area (TPSA) is 64.4 Å². The molecule has 1 unspecified atom stereocenters. The van der Waals surface area contributed by atoms with Crippen LogP contribution in [-0.4, -0.2) is 31.2 Å². The molecule has 1 aromatic carbocycles. The molecular weight excluding hydrogens is 232 g/mol. The summed E-state index contributed by atoms with van der Waals surface area (Å²) in [6.45, 7) is 5.30. The first-order valence-electron chi connectivity index (χ1n) is 6.04. The number of hydrogen-bond donors (Lipinski definition) is 1. The summed E-state index contributed by atoms with van der Waals surface area (Å²) in [5.41, 5.74) is 1.96. The predicted octanol–water partition coefficient (Wildman–Crippen LogP) is 2.07. The van der Waals surface area contributed by atoms with E-state index in [2.05, 4.69) is 5.32 Å². The quantitative estimate of drug-likeness (QED) is 0.596. The molecular formula is C13H20N2O3. The monoisotopic (exact) mass is 252 g/mol. The van der Waals surface area contributed by atoms with Crippen LogP contribution in [0.4, 0.5) is 5.69 Å². The van der Waals surface area contributed by atoms with E-state index in [0.29, 0.717) is 13.0 Å². The summed E-state index contributed by atoms with van der Waals surface area (Å²) in [5, 5.41) is 14.3. The van der Waals surface area contributed by atoms with Gasteiger partial charge >= 0.3 is 0 Å². The molecule has 5 nitrogen and oxygen atoms in total. The number of benzene rings is 1. The normalized spacial score (nSPS) is 12.4. The molecule has 0 amide bonds. The number of nitrogens with one attached hydrogen (secondary N) is 1. The van der Waals surface area contributed by atoms with E-state index in [9.17, 15) is 10.1 Å². The SMILES string of the molecule is CCNC(COC)Cc1cc(C)ccc1[N+](=O)[O-]. The van der Waals surface area contributed by atoms with Crippen molar-refractivity contribution in [1.82, 2.24) is 5.32 Å². The van der Waals surface area contributed by atoms with Crippen molar-refractivity contribution in [3.8, 4) is 0 Å². The first kappa shape index (κ1) is 14.6. The fourth-order valence-electron chi connectivity index (χ4n) is 2.00. The second kappa shape index (κ2) is 7.08. The van der Waals surface area contributed by atoms with Gasteiger partial charge in [0, 0.05) is 24.8 Å². The van der Waals surface area contributed by atoms with Crippen molar-refractivity contribution < 1.29 is 9.66 Å². The molecule has 0 heterocycles. The second-order valence-corrected chi connectivity index (χ2v) is 4.30. The van der Waals surface area contributed by atoms with Gasteiger partial charge in [0.25, 0.3) is 5.69 Å². The first-order chi connectivity index (χ1) is 8.58. The average molecular weight is 252 g/mol. The highest BCUT2D eigenvalue weighted by molar-refractivity contribution is 5.43. The van der Waals surface area contributed by atoms with Crippen LogP contribution in [0.5, 0.6) is 0 Å². The lowest BCUT2D eigenvalue weighted by Crippen LogP contribution is -2.35. The Bertz CT molecular complexity index is 401. The van der Waals surface area contributed by atoms with Crippen LogP contribution in [0.3, 0.4) is 0 Å². The molecule has 100 valence electrons. The third kappa shape index (κ3) is 4.09. The summed E-state index contributed by atoms with van der Waals surface area (Å²) in [6.07, 6.45) is 0.597. The van der Waals surface area contributed by atoms with Gasteiger partial charge in [-0.05, 0) is 26.0 Å². The predicted molar refractivity (Wildman–Crippen MR) is 70.9 cm³/mol. The molecule has 0 fully saturated rings. The summed E-state index contributed by atoms with van der Waals surface area (Å²) < 4.78 is 5.13. The Morgan fingerprint density at radius 2 is 2.22 bits per heavy atom. The summed E-state index contributed by atoms with van der Waals surface area (Å²) >= 11 is 0. The van der Waals surface area contributed by atoms with Crippen molar-refractivity contribution in [1.29, 1.82) is 0 Å². The summed E-state index contributed by atoms with van der Waals surface area (Å²) in [7, 11) is 1.63. The molecule has 0 saturated heterocycles. The molecule has 0 saturated carbocycles. The van der Waals surface area contributed by atoms with Crippen molar-refractivity contribution in [3.63, 3.8) is 0 Å². The largest absolute Gasteiger partial charge is 0.383 e. The van der Waals surface area contributed by atoms with Crippen molar-refractivity contribution in [2.24, 2.45) is 0 Å². The Balaban J connectivity index is 2.92. The molecule has 0 radical (unpaired) electrons. The van der Waals surface area contributed by atoms with Gasteiger partial charge in [-0.2, -0.15) is 0 Å². The van der Waals surface area contributed by atoms with E-state index in [1.807, 2.05) is 19.9 Å². The number of ether oxygens (including phenoxy) is 1. The van der Waals surface area contributed by atoms with Gasteiger partial charge in [-0.3, -0.25) is 10.1 Å². The fraction of sp³-hybridized carbons (Fsp3) is 0.538. The van der Waals surface area contributed by atoms with Crippen molar-refractivity contribution in [2.45, 2.75) is 26.3 Å². The Hall–Kier alpha value is -1.46. The van der Waals surface area contributed by atoms with Gasteiger partial charge in [0.05, 0.1) is 11.5 Å². The van der Waals surface area contributed by atoms with Crippen molar-refractivity contribution in [3.05, 3.63) is 39.4 Å². The minimum absolute atomic E-state index is 0.0977. The van der Waals surface area contributed by atoms with E-state index in [1.54, 1.807) is 19.2 Å². The lowest BCUT2D eigenvalue weighted by Gasteiger charge is -2.17. The zero-order valence-corrected chi connectivity index (χ0v) is 11.1. The van der Waals surface area contributed by atoms with Gasteiger partial charge in [-0.15, -0.1) is 0 Å². The van der Waals surface area contributed by atoms with Crippen LogP contribution in [-0.2, 0) is 11.2 Å². The lowest BCUT2D eigenvalue weighted by molar-refractivity contribution is -0.385. The molecule has 1 aromatic rings. The summed E-state index contributed by atoms with van der Waals surface area (Å²) in [6, 6.07) is 5.30. The molecule has 0 aromatic heterocycles. The third-order valence-corrected chi connectivity index (χ3v) is 2.76. The Labute approximate surface area is 107 Å². The summed E-state index contributed by atoms with van der Waals surface area (Å²) in [5.74, 6) is 0. The molecule has 18 heavy (non-hydrogen) atoms. The highest BCUT2D eigenvalue weighted by Gasteiger charge is 2.17. The first-order valence-corrected chi connectivity index (χ1v) is 6.04. The van der Waals surface area contributed by atoms with Crippen LogP contribution in [0.2, 0.25) is 0 Å². The van der Waals surface area contributed by atoms with Crippen molar-refractivity contribution >= 4 is 5.69 Å². The Morgan fingerprint density at radius 1 is 1.50 bits per heavy atom. The molecule has 5 heteroatoms. The minimum Gasteiger partial charge on any atom is -0.383 e. The smallest absolute Gasteiger partial charge is 0.272 e. The standard InChI is InChI=1S/C13H20N2O3/c1-4-14-12(9-18-3)8-11-7-10(2)5-6-13(11)15(16)17/h5-7,12,14H,4,8-9H2,1-3H3. The van der Waals surface area contributed by atoms with E-state index >= 15 is 0 Å². The van der Waals surface area contributed by atoms with E-state index in [1.165, 1.54) is 0 Å². The molecule has 0 bridgehead atoms. The average Bonchev–Trinajstić information content (AvgIpc) is 2.29. The molecule has 0 aliphatic carbocycles. The number of likely N-dealkylation sites (N-methyl/N-ethyl adjacent to an activating group) is 1. The maximum atomic E-state index is 11.0. The number of rotatable bonds is 7. The number of methoxy groups -OCH3 is 1. The minimum atomic E-state index is -0.329. The van der Waals surface area contributed by atoms with Gasteiger partial charge in [-0.25, -0.2) is 0 Å². The molecule has 1 rings (SSSR count). The highest BCUT2D eigenvalue weighted by Crippen LogP contribution is 2.21. The van der Waals surface area contributed by atoms with E-state index in [-0.39, 0.29) is 16.7 Å². The number of nitro benzene ring substituents is 1. The van der Waals surface area contributed by atoms with Crippen LogP contribution < -0.4 is 5.32 Å². The highest BCUT2D eigenvalue weighted by atomic mass is 16.6. The third-order valence-electron chi connectivity index (χ3n) is 2.76. The molecule has 1 N–H and O–H groups in total. The van der Waals surface area contributed by atoms with Crippen LogP contribution in [0.1, 0.15) is 18.1 Å². The lowest BCUT2D eigenvalue weighted by atomic mass is 10.0. The van der Waals surface area contributed by atoms with Crippen LogP contribution >= 0.6 is 0 Å². The van der Waals surface area contributed by atoms with Gasteiger partial charge < -0.3 is 10.1 Å². The molecule has 0 aliphatic rings. The van der Waals surface area contributed by atoms with E-state index < -0.39 is 0 Å². The zero-order chi connectivity index (χ0) is 13.5. The van der Waals surface area contributed by atoms with Gasteiger partial charge in [0.15, 0.2) is 0 Å². The zero-order valence-electron chi connectivity index (χ0n) is 11.1. The molecule has 0 spiro atoms. The Morgan fingerprint density at radius 3 is 2.78 bits per heavy atom. The van der Waals surface area contributed by atoms with E-state index in [0.717, 1.165) is 17.7 Å². The van der Waals surface area contributed by atoms with Crippen LogP contribution in [0, 0.1) is 17.0 Å². The number of hydrogen-bond acceptors (Lipinski definition) is 4. The number of nitro groups is 1. The maximum Gasteiger partial charge on any atom is 0.272 e. The fourth-order valence-corrected chi connectivity index (χ4v) is 2.00. The second-order valence-electron chi connectivity index (χ2n) is 4.30. The van der Waals surface area contributed by atoms with Gasteiger partial charge in [0.2, 0.25) is 0 Å². The van der Waals surface area contributed by atoms with Crippen molar-refractivity contribution in [2.75, 3.05) is 20.3 Å². The van der Waals surface area contributed by atoms with E-state index in [4.69, 9.17) is 4.74 Å². The van der Waals surface area contributed by atoms with Gasteiger partial charge in [-0.1, -0.05) is 18.6 Å². The molecule has 0 aliphatic heterocycles. The van der Waals surface area contributed by atoms with Crippen LogP contribution in [0.25, 0.3) is 0 Å². The summed E-state index contributed by atoms with van der Waals surface area (Å²) in [4.78, 5) is 10.7.